The predicted molar refractivity (Wildman–Crippen MR) is 75.5 cm³/mol. The SMILES string of the molecule is CC(C)CC(C)(C)C(=O)OCCCN(C)I. The molecule has 16 heavy (non-hydrogen) atoms. The highest BCUT2D eigenvalue weighted by Crippen LogP contribution is 2.26. The van der Waals surface area contributed by atoms with Crippen LogP contribution in [0, 0.1) is 11.3 Å². The summed E-state index contributed by atoms with van der Waals surface area (Å²) in [4.78, 5) is 11.8. The van der Waals surface area contributed by atoms with Crippen LogP contribution in [0.5, 0.6) is 0 Å². The Hall–Kier alpha value is 0.160. The van der Waals surface area contributed by atoms with Gasteiger partial charge < -0.3 is 4.74 Å². The van der Waals surface area contributed by atoms with Crippen LogP contribution in [0.15, 0.2) is 0 Å². The zero-order valence-electron chi connectivity index (χ0n) is 11.0. The van der Waals surface area contributed by atoms with Gasteiger partial charge in [-0.05, 0) is 39.7 Å². The summed E-state index contributed by atoms with van der Waals surface area (Å²) in [7, 11) is 2.01. The van der Waals surface area contributed by atoms with Crippen molar-refractivity contribution < 1.29 is 9.53 Å². The lowest BCUT2D eigenvalue weighted by molar-refractivity contribution is -0.155. The monoisotopic (exact) mass is 341 g/mol. The summed E-state index contributed by atoms with van der Waals surface area (Å²) in [5.74, 6) is 0.445. The fourth-order valence-corrected chi connectivity index (χ4v) is 2.09. The van der Waals surface area contributed by atoms with Crippen molar-refractivity contribution in [3.8, 4) is 0 Å². The quantitative estimate of drug-likeness (QED) is 0.308. The first-order valence-electron chi connectivity index (χ1n) is 5.80. The molecule has 0 rings (SSSR count). The van der Waals surface area contributed by atoms with E-state index in [1.54, 1.807) is 0 Å². The average molecular weight is 341 g/mol. The van der Waals surface area contributed by atoms with Crippen molar-refractivity contribution in [3.63, 3.8) is 0 Å². The molecule has 0 aromatic rings. The van der Waals surface area contributed by atoms with Crippen LogP contribution in [0.2, 0.25) is 0 Å². The molecule has 0 bridgehead atoms. The van der Waals surface area contributed by atoms with Crippen LogP contribution in [-0.2, 0) is 9.53 Å². The smallest absolute Gasteiger partial charge is 0.311 e. The van der Waals surface area contributed by atoms with E-state index in [1.165, 1.54) is 0 Å². The third kappa shape index (κ3) is 7.44. The van der Waals surface area contributed by atoms with Gasteiger partial charge in [-0.3, -0.25) is 7.91 Å². The van der Waals surface area contributed by atoms with E-state index in [0.29, 0.717) is 12.5 Å². The summed E-state index contributed by atoms with van der Waals surface area (Å²) in [6.07, 6.45) is 1.76. The number of nitrogens with zero attached hydrogens (tertiary/aromatic N) is 1. The number of ether oxygens (including phenoxy) is 1. The van der Waals surface area contributed by atoms with Crippen molar-refractivity contribution in [3.05, 3.63) is 0 Å². The number of halogens is 1. The van der Waals surface area contributed by atoms with E-state index in [4.69, 9.17) is 4.74 Å². The highest BCUT2D eigenvalue weighted by Gasteiger charge is 2.29. The van der Waals surface area contributed by atoms with Crippen LogP contribution < -0.4 is 0 Å². The fourth-order valence-electron chi connectivity index (χ4n) is 1.75. The minimum Gasteiger partial charge on any atom is -0.465 e. The molecule has 0 saturated heterocycles. The van der Waals surface area contributed by atoms with Crippen molar-refractivity contribution in [1.29, 1.82) is 0 Å². The van der Waals surface area contributed by atoms with Crippen LogP contribution in [0.4, 0.5) is 0 Å². The number of hydrogen-bond acceptors (Lipinski definition) is 3. The number of hydrogen-bond donors (Lipinski definition) is 0. The molecule has 0 aromatic carbocycles. The van der Waals surface area contributed by atoms with Crippen LogP contribution in [-0.4, -0.2) is 29.3 Å². The molecule has 0 fully saturated rings. The zero-order valence-corrected chi connectivity index (χ0v) is 13.2. The Morgan fingerprint density at radius 3 is 2.44 bits per heavy atom. The van der Waals surface area contributed by atoms with Gasteiger partial charge in [0.2, 0.25) is 0 Å². The van der Waals surface area contributed by atoms with Crippen molar-refractivity contribution in [1.82, 2.24) is 3.11 Å². The van der Waals surface area contributed by atoms with E-state index in [-0.39, 0.29) is 11.4 Å². The first-order chi connectivity index (χ1) is 7.25. The van der Waals surface area contributed by atoms with E-state index < -0.39 is 0 Å². The minimum absolute atomic E-state index is 0.0719. The largest absolute Gasteiger partial charge is 0.465 e. The standard InChI is InChI=1S/C12H24INO2/c1-10(2)9-12(3,4)11(15)16-8-6-7-14(5)13/h10H,6-9H2,1-5H3. The van der Waals surface area contributed by atoms with Gasteiger partial charge in [0, 0.05) is 29.4 Å². The maximum absolute atomic E-state index is 11.8. The van der Waals surface area contributed by atoms with Gasteiger partial charge in [0.25, 0.3) is 0 Å². The van der Waals surface area contributed by atoms with Gasteiger partial charge in [-0.2, -0.15) is 0 Å². The van der Waals surface area contributed by atoms with Gasteiger partial charge in [0.05, 0.1) is 12.0 Å². The highest BCUT2D eigenvalue weighted by molar-refractivity contribution is 14.1. The van der Waals surface area contributed by atoms with Gasteiger partial charge in [0.1, 0.15) is 0 Å². The Bertz CT molecular complexity index is 215. The molecule has 0 aromatic heterocycles. The number of carbonyl (C=O) groups is 1. The molecule has 0 unspecified atom stereocenters. The molecule has 0 spiro atoms. The normalized spacial score (nSPS) is 12.2. The number of carbonyl (C=O) groups excluding carboxylic acids is 1. The van der Waals surface area contributed by atoms with Crippen LogP contribution >= 0.6 is 22.9 Å². The van der Waals surface area contributed by atoms with E-state index in [0.717, 1.165) is 19.4 Å². The van der Waals surface area contributed by atoms with Gasteiger partial charge in [-0.25, -0.2) is 0 Å². The Labute approximate surface area is 113 Å². The Morgan fingerprint density at radius 1 is 1.44 bits per heavy atom. The molecule has 0 aliphatic carbocycles. The van der Waals surface area contributed by atoms with E-state index in [9.17, 15) is 4.79 Å². The van der Waals surface area contributed by atoms with Gasteiger partial charge in [0.15, 0.2) is 0 Å². The first kappa shape index (κ1) is 16.2. The van der Waals surface area contributed by atoms with Crippen LogP contribution in [0.3, 0.4) is 0 Å². The summed E-state index contributed by atoms with van der Waals surface area (Å²) in [5.41, 5.74) is -0.357. The highest BCUT2D eigenvalue weighted by atomic mass is 127. The topological polar surface area (TPSA) is 29.5 Å². The first-order valence-corrected chi connectivity index (χ1v) is 6.76. The molecule has 96 valence electrons. The molecule has 0 atom stereocenters. The van der Waals surface area contributed by atoms with Gasteiger partial charge in [-0.1, -0.05) is 13.8 Å². The molecule has 0 N–H and O–H groups in total. The average Bonchev–Trinajstić information content (AvgIpc) is 2.09. The molecule has 0 amide bonds. The lowest BCUT2D eigenvalue weighted by atomic mass is 9.84. The maximum atomic E-state index is 11.8. The van der Waals surface area contributed by atoms with Gasteiger partial charge in [-0.15, -0.1) is 0 Å². The minimum atomic E-state index is -0.357. The third-order valence-electron chi connectivity index (χ3n) is 2.31. The number of rotatable bonds is 7. The summed E-state index contributed by atoms with van der Waals surface area (Å²) >= 11 is 2.22. The molecule has 0 aliphatic heterocycles. The summed E-state index contributed by atoms with van der Waals surface area (Å²) in [5, 5.41) is 0. The van der Waals surface area contributed by atoms with Crippen molar-refractivity contribution in [2.45, 2.75) is 40.5 Å². The second-order valence-electron chi connectivity index (χ2n) is 5.30. The summed E-state index contributed by atoms with van der Waals surface area (Å²) in [6, 6.07) is 0. The third-order valence-corrected chi connectivity index (χ3v) is 2.80. The van der Waals surface area contributed by atoms with E-state index >= 15 is 0 Å². The van der Waals surface area contributed by atoms with Crippen molar-refractivity contribution >= 4 is 28.8 Å². The molecule has 0 saturated carbocycles. The van der Waals surface area contributed by atoms with E-state index in [2.05, 4.69) is 39.8 Å². The molecule has 0 aliphatic rings. The fraction of sp³-hybridized carbons (Fsp3) is 0.917. The van der Waals surface area contributed by atoms with Crippen LogP contribution in [0.1, 0.15) is 40.5 Å². The maximum Gasteiger partial charge on any atom is 0.311 e. The Kier molecular flexibility index (Phi) is 7.55. The molecule has 4 heteroatoms. The number of esters is 1. The molecule has 3 nitrogen and oxygen atoms in total. The predicted octanol–water partition coefficient (Wildman–Crippen LogP) is 3.27. The summed E-state index contributed by atoms with van der Waals surface area (Å²) in [6.45, 7) is 9.63. The van der Waals surface area contributed by atoms with Gasteiger partial charge >= 0.3 is 5.97 Å². The Morgan fingerprint density at radius 2 is 2.00 bits per heavy atom. The Balaban J connectivity index is 3.87. The lowest BCUT2D eigenvalue weighted by Gasteiger charge is -2.24. The molecular weight excluding hydrogens is 317 g/mol. The van der Waals surface area contributed by atoms with Crippen molar-refractivity contribution in [2.75, 3.05) is 20.2 Å². The molecule has 0 radical (unpaired) electrons. The van der Waals surface area contributed by atoms with E-state index in [1.807, 2.05) is 20.9 Å². The second kappa shape index (κ2) is 7.48. The molecule has 0 heterocycles. The zero-order chi connectivity index (χ0) is 12.8. The van der Waals surface area contributed by atoms with Crippen molar-refractivity contribution in [2.24, 2.45) is 11.3 Å². The summed E-state index contributed by atoms with van der Waals surface area (Å²) < 4.78 is 7.35. The lowest BCUT2D eigenvalue weighted by Crippen LogP contribution is -2.28. The second-order valence-corrected chi connectivity index (χ2v) is 6.95. The molecular formula is C12H24INO2. The van der Waals surface area contributed by atoms with Crippen LogP contribution in [0.25, 0.3) is 0 Å².